The molecule has 85 heavy (non-hydrogen) atoms. The number of hydrogen-bond acceptors (Lipinski definition) is 7. The van der Waals surface area contributed by atoms with Gasteiger partial charge in [-0.25, -0.2) is 0 Å². The van der Waals surface area contributed by atoms with E-state index in [1.54, 1.807) is 0 Å². The molecule has 0 saturated carbocycles. The van der Waals surface area contributed by atoms with Gasteiger partial charge in [-0.1, -0.05) is 374 Å². The second kappa shape index (κ2) is 65.7. The highest BCUT2D eigenvalue weighted by Crippen LogP contribution is 2.38. The van der Waals surface area contributed by atoms with E-state index in [-0.39, 0.29) is 31.5 Å². The lowest BCUT2D eigenvalue weighted by Crippen LogP contribution is -2.47. The molecule has 0 heterocycles. The third-order valence-electron chi connectivity index (χ3n) is 17.7. The Morgan fingerprint density at radius 3 is 0.965 bits per heavy atom. The quantitative estimate of drug-likeness (QED) is 0.0212. The highest BCUT2D eigenvalue weighted by molar-refractivity contribution is 7.45. The van der Waals surface area contributed by atoms with Crippen LogP contribution in [0, 0.1) is 0 Å². The third-order valence-corrected chi connectivity index (χ3v) is 18.7. The molecule has 3 atom stereocenters. The molecule has 1 N–H and O–H groups in total. The maximum atomic E-state index is 13.6. The predicted octanol–water partition coefficient (Wildman–Crippen LogP) is 23.6. The number of phosphoric acid groups is 1. The highest BCUT2D eigenvalue weighted by atomic mass is 31.2. The van der Waals surface area contributed by atoms with Crippen molar-refractivity contribution < 1.29 is 37.3 Å². The number of rotatable bonds is 71. The second-order valence-electron chi connectivity index (χ2n) is 27.5. The Balaban J connectivity index is 4.98. The number of unbranched alkanes of at least 4 members (excludes halogenated alkanes) is 55. The number of allylic oxidation sites excluding steroid dienone is 1. The van der Waals surface area contributed by atoms with Crippen LogP contribution >= 0.6 is 7.82 Å². The van der Waals surface area contributed by atoms with Crippen molar-refractivity contribution in [2.24, 2.45) is 0 Å². The average Bonchev–Trinajstić information content (AvgIpc) is 3.50. The minimum Gasteiger partial charge on any atom is -0.756 e. The summed E-state index contributed by atoms with van der Waals surface area (Å²) in [5, 5.41) is 3.06. The number of hydrogen-bond donors (Lipinski definition) is 1. The van der Waals surface area contributed by atoms with Crippen LogP contribution in [0.1, 0.15) is 406 Å². The molecule has 0 rings (SSSR count). The summed E-state index contributed by atoms with van der Waals surface area (Å²) in [5.74, 6) is -0.510. The van der Waals surface area contributed by atoms with Gasteiger partial charge in [-0.15, -0.1) is 0 Å². The van der Waals surface area contributed by atoms with Gasteiger partial charge >= 0.3 is 5.97 Å². The van der Waals surface area contributed by atoms with Crippen LogP contribution < -0.4 is 10.2 Å². The van der Waals surface area contributed by atoms with E-state index in [4.69, 9.17) is 13.8 Å². The summed E-state index contributed by atoms with van der Waals surface area (Å²) in [7, 11) is 1.22. The molecule has 0 aliphatic carbocycles. The summed E-state index contributed by atoms with van der Waals surface area (Å²) in [5.41, 5.74) is 0. The summed E-state index contributed by atoms with van der Waals surface area (Å²) in [4.78, 5) is 40.3. The largest absolute Gasteiger partial charge is 0.756 e. The van der Waals surface area contributed by atoms with Crippen molar-refractivity contribution in [3.05, 3.63) is 12.2 Å². The van der Waals surface area contributed by atoms with Gasteiger partial charge < -0.3 is 28.5 Å². The molecule has 0 aliphatic rings. The topological polar surface area (TPSA) is 114 Å². The summed E-state index contributed by atoms with van der Waals surface area (Å²) in [6.45, 7) is 6.94. The maximum absolute atomic E-state index is 13.6. The lowest BCUT2D eigenvalue weighted by molar-refractivity contribution is -0.870. The van der Waals surface area contributed by atoms with Crippen LogP contribution in [0.3, 0.4) is 0 Å². The lowest BCUT2D eigenvalue weighted by atomic mass is 10.0. The second-order valence-corrected chi connectivity index (χ2v) is 28.9. The zero-order valence-electron chi connectivity index (χ0n) is 58.1. The molecule has 10 heteroatoms. The van der Waals surface area contributed by atoms with E-state index in [1.165, 1.54) is 315 Å². The molecule has 9 nitrogen and oxygen atoms in total. The standard InChI is InChI=1S/C75H149N2O7P/c1-7-10-13-16-19-22-25-28-30-32-34-36-37-38-39-41-42-44-46-49-52-55-58-61-64-67-74(78)76-72(71-83-85(80,81)82-70-69-77(4,5)6)73(66-63-60-57-54-51-48-27-24-21-18-15-12-9-3)84-75(79)68-65-62-59-56-53-50-47-45-43-40-35-33-31-29-26-23-20-17-14-11-8-2/h63,66,72-73H,7-62,64-65,67-71H2,1-6H3,(H-,76,78,80,81)/b66-63+. The van der Waals surface area contributed by atoms with Crippen molar-refractivity contribution in [3.63, 3.8) is 0 Å². The van der Waals surface area contributed by atoms with Crippen molar-refractivity contribution in [2.45, 2.75) is 418 Å². The molecule has 506 valence electrons. The van der Waals surface area contributed by atoms with Gasteiger partial charge in [0.1, 0.15) is 19.3 Å². The van der Waals surface area contributed by atoms with E-state index < -0.39 is 20.0 Å². The Bertz CT molecular complexity index is 1450. The molecule has 1 amide bonds. The zero-order valence-corrected chi connectivity index (χ0v) is 59.0. The SMILES string of the molecule is CCCCCCCCCCCCC/C=C/C(OC(=O)CCCCCCCCCCCCCCCCCCCCCCC)C(COP(=O)([O-])OCC[N+](C)(C)C)NC(=O)CCCCCCCCCCCCCCCCCCCCCCCCCCC. The minimum absolute atomic E-state index is 0.0162. The lowest BCUT2D eigenvalue weighted by Gasteiger charge is -2.30. The fraction of sp³-hybridized carbons (Fsp3) is 0.947. The van der Waals surface area contributed by atoms with Crippen LogP contribution in [0.5, 0.6) is 0 Å². The monoisotopic (exact) mass is 1220 g/mol. The molecule has 0 spiro atoms. The van der Waals surface area contributed by atoms with E-state index in [0.717, 1.165) is 57.8 Å². The average molecular weight is 1220 g/mol. The van der Waals surface area contributed by atoms with Crippen LogP contribution in [0.15, 0.2) is 12.2 Å². The van der Waals surface area contributed by atoms with E-state index in [1.807, 2.05) is 33.3 Å². The number of phosphoric ester groups is 1. The van der Waals surface area contributed by atoms with Crippen molar-refractivity contribution in [1.29, 1.82) is 0 Å². The van der Waals surface area contributed by atoms with Gasteiger partial charge in [0, 0.05) is 12.8 Å². The Kier molecular flexibility index (Phi) is 64.7. The van der Waals surface area contributed by atoms with Gasteiger partial charge in [0.2, 0.25) is 5.91 Å². The Labute approximate surface area is 531 Å². The number of likely N-dealkylation sites (N-methyl/N-ethyl adjacent to an activating group) is 1. The zero-order chi connectivity index (χ0) is 62.1. The highest BCUT2D eigenvalue weighted by Gasteiger charge is 2.27. The number of carbonyl (C=O) groups excluding carboxylic acids is 2. The van der Waals surface area contributed by atoms with Crippen molar-refractivity contribution in [2.75, 3.05) is 40.9 Å². The molecule has 0 radical (unpaired) electrons. The number of nitrogens with zero attached hydrogens (tertiary/aromatic N) is 1. The van der Waals surface area contributed by atoms with Gasteiger partial charge in [0.15, 0.2) is 0 Å². The molecule has 0 aliphatic heterocycles. The Morgan fingerprint density at radius 1 is 0.400 bits per heavy atom. The maximum Gasteiger partial charge on any atom is 0.306 e. The molecule has 0 fully saturated rings. The van der Waals surface area contributed by atoms with E-state index >= 15 is 0 Å². The smallest absolute Gasteiger partial charge is 0.306 e. The number of quaternary nitrogens is 1. The number of esters is 1. The fourth-order valence-corrected chi connectivity index (χ4v) is 12.6. The fourth-order valence-electron chi connectivity index (χ4n) is 11.9. The number of carbonyl (C=O) groups is 2. The van der Waals surface area contributed by atoms with Crippen LogP contribution in [-0.4, -0.2) is 69.4 Å². The molecule has 0 aromatic heterocycles. The minimum atomic E-state index is -4.70. The van der Waals surface area contributed by atoms with Gasteiger partial charge in [0.05, 0.1) is 33.8 Å². The summed E-state index contributed by atoms with van der Waals surface area (Å²) in [6, 6.07) is -0.881. The number of amides is 1. The van der Waals surface area contributed by atoms with E-state index in [0.29, 0.717) is 17.4 Å². The van der Waals surface area contributed by atoms with Gasteiger partial charge in [-0.05, 0) is 31.8 Å². The first-order chi connectivity index (χ1) is 41.4. The molecule has 0 aromatic rings. The summed E-state index contributed by atoms with van der Waals surface area (Å²) in [6.07, 6.45) is 79.2. The van der Waals surface area contributed by atoms with E-state index in [9.17, 15) is 19.0 Å². The Morgan fingerprint density at radius 2 is 0.671 bits per heavy atom. The van der Waals surface area contributed by atoms with Crippen LogP contribution in [0.2, 0.25) is 0 Å². The molecule has 0 bridgehead atoms. The third kappa shape index (κ3) is 67.0. The summed E-state index contributed by atoms with van der Waals surface area (Å²) < 4.78 is 30.5. The first-order valence-electron chi connectivity index (χ1n) is 38.0. The van der Waals surface area contributed by atoms with Gasteiger partial charge in [-0.2, -0.15) is 0 Å². The molecular formula is C75H149N2O7P. The molecule has 0 saturated heterocycles. The van der Waals surface area contributed by atoms with Crippen LogP contribution in [0.25, 0.3) is 0 Å². The van der Waals surface area contributed by atoms with Crippen molar-refractivity contribution in [3.8, 4) is 0 Å². The van der Waals surface area contributed by atoms with Gasteiger partial charge in [-0.3, -0.25) is 14.2 Å². The van der Waals surface area contributed by atoms with Gasteiger partial charge in [0.25, 0.3) is 7.82 Å². The predicted molar refractivity (Wildman–Crippen MR) is 367 cm³/mol. The number of nitrogens with one attached hydrogen (secondary N) is 1. The van der Waals surface area contributed by atoms with E-state index in [2.05, 4.69) is 26.1 Å². The van der Waals surface area contributed by atoms with Crippen LogP contribution in [-0.2, 0) is 27.9 Å². The number of ether oxygens (including phenoxy) is 1. The van der Waals surface area contributed by atoms with Crippen LogP contribution in [0.4, 0.5) is 0 Å². The first-order valence-corrected chi connectivity index (χ1v) is 39.5. The summed E-state index contributed by atoms with van der Waals surface area (Å²) >= 11 is 0. The Hall–Kier alpha value is -1.25. The molecule has 0 aromatic carbocycles. The first kappa shape index (κ1) is 83.8. The van der Waals surface area contributed by atoms with Crippen molar-refractivity contribution in [1.82, 2.24) is 5.32 Å². The molecule has 3 unspecified atom stereocenters. The van der Waals surface area contributed by atoms with Crippen molar-refractivity contribution >= 4 is 19.7 Å². The normalized spacial score (nSPS) is 13.4. The molecular weight excluding hydrogens is 1070 g/mol.